The molecule has 0 saturated carbocycles. The molecule has 4 nitrogen and oxygen atoms in total. The smallest absolute Gasteiger partial charge is 0.303 e. The lowest BCUT2D eigenvalue weighted by atomic mass is 9.78. The molecule has 0 fully saturated rings. The van der Waals surface area contributed by atoms with Gasteiger partial charge in [-0.3, -0.25) is 4.79 Å². The molecule has 0 saturated heterocycles. The maximum atomic E-state index is 11.2. The van der Waals surface area contributed by atoms with Crippen molar-refractivity contribution >= 4 is 49.4 Å². The molecule has 0 N–H and O–H groups in total. The standard InChI is InChI=1S/C25H31Br2ClO4/c1-6-16(2)14-30-20-9-7-18(8-10-20)25(4,5)19-11-22(26)24(23(27)12-19)31-15-21(13-28)32-17(3)29/h7-12,16,21H,6,13-15H2,1-5H3/t16-,21+/m1/s1. The van der Waals surface area contributed by atoms with Crippen molar-refractivity contribution in [2.24, 2.45) is 5.92 Å². The predicted molar refractivity (Wildman–Crippen MR) is 137 cm³/mol. The highest BCUT2D eigenvalue weighted by molar-refractivity contribution is 9.11. The number of hydrogen-bond donors (Lipinski definition) is 0. The van der Waals surface area contributed by atoms with Crippen LogP contribution < -0.4 is 9.47 Å². The summed E-state index contributed by atoms with van der Waals surface area (Å²) in [5.41, 5.74) is 2.05. The van der Waals surface area contributed by atoms with E-state index in [-0.39, 0.29) is 23.9 Å². The van der Waals surface area contributed by atoms with Gasteiger partial charge in [0.25, 0.3) is 0 Å². The number of halogens is 3. The van der Waals surface area contributed by atoms with E-state index in [9.17, 15) is 4.79 Å². The highest BCUT2D eigenvalue weighted by Crippen LogP contribution is 2.41. The monoisotopic (exact) mass is 588 g/mol. The highest BCUT2D eigenvalue weighted by atomic mass is 79.9. The first kappa shape index (κ1) is 27.0. The Hall–Kier alpha value is -1.24. The summed E-state index contributed by atoms with van der Waals surface area (Å²) in [5, 5.41) is 0. The summed E-state index contributed by atoms with van der Waals surface area (Å²) < 4.78 is 18.5. The Morgan fingerprint density at radius 2 is 1.62 bits per heavy atom. The fourth-order valence-electron chi connectivity index (χ4n) is 3.07. The van der Waals surface area contributed by atoms with Gasteiger partial charge in [-0.1, -0.05) is 46.2 Å². The Morgan fingerprint density at radius 3 is 2.12 bits per heavy atom. The molecule has 2 atom stereocenters. The number of ether oxygens (including phenoxy) is 3. The van der Waals surface area contributed by atoms with Crippen molar-refractivity contribution in [1.82, 2.24) is 0 Å². The average molecular weight is 591 g/mol. The molecule has 176 valence electrons. The summed E-state index contributed by atoms with van der Waals surface area (Å²) in [7, 11) is 0. The number of alkyl halides is 1. The van der Waals surface area contributed by atoms with Crippen LogP contribution in [-0.2, 0) is 14.9 Å². The number of esters is 1. The van der Waals surface area contributed by atoms with Crippen LogP contribution in [0.15, 0.2) is 45.3 Å². The third kappa shape index (κ3) is 7.39. The van der Waals surface area contributed by atoms with E-state index in [4.69, 9.17) is 25.8 Å². The second-order valence-corrected chi connectivity index (χ2v) is 10.5. The molecule has 0 aliphatic heterocycles. The van der Waals surface area contributed by atoms with Crippen LogP contribution in [0.1, 0.15) is 52.2 Å². The van der Waals surface area contributed by atoms with Gasteiger partial charge in [-0.2, -0.15) is 0 Å². The lowest BCUT2D eigenvalue weighted by molar-refractivity contribution is -0.146. The Balaban J connectivity index is 2.17. The van der Waals surface area contributed by atoms with Gasteiger partial charge in [-0.25, -0.2) is 0 Å². The Kier molecular flexibility index (Phi) is 10.4. The average Bonchev–Trinajstić information content (AvgIpc) is 2.75. The largest absolute Gasteiger partial charge is 0.493 e. The number of hydrogen-bond acceptors (Lipinski definition) is 4. The van der Waals surface area contributed by atoms with Gasteiger partial charge >= 0.3 is 5.97 Å². The zero-order valence-electron chi connectivity index (χ0n) is 19.2. The van der Waals surface area contributed by atoms with E-state index in [2.05, 4.69) is 83.8 Å². The van der Waals surface area contributed by atoms with Gasteiger partial charge in [0.1, 0.15) is 24.2 Å². The summed E-state index contributed by atoms with van der Waals surface area (Å²) >= 11 is 13.1. The van der Waals surface area contributed by atoms with Crippen molar-refractivity contribution < 1.29 is 19.0 Å². The topological polar surface area (TPSA) is 44.8 Å². The molecule has 0 aliphatic carbocycles. The van der Waals surface area contributed by atoms with Crippen LogP contribution in [0.3, 0.4) is 0 Å². The van der Waals surface area contributed by atoms with Crippen molar-refractivity contribution in [3.8, 4) is 11.5 Å². The van der Waals surface area contributed by atoms with E-state index in [1.807, 2.05) is 12.1 Å². The zero-order valence-corrected chi connectivity index (χ0v) is 23.1. The second kappa shape index (κ2) is 12.3. The summed E-state index contributed by atoms with van der Waals surface area (Å²) in [4.78, 5) is 11.2. The van der Waals surface area contributed by atoms with Crippen molar-refractivity contribution in [2.75, 3.05) is 19.1 Å². The first-order valence-electron chi connectivity index (χ1n) is 10.7. The molecule has 32 heavy (non-hydrogen) atoms. The van der Waals surface area contributed by atoms with Crippen LogP contribution >= 0.6 is 43.5 Å². The quantitative estimate of drug-likeness (QED) is 0.201. The summed E-state index contributed by atoms with van der Waals surface area (Å²) in [5.74, 6) is 1.84. The van der Waals surface area contributed by atoms with Gasteiger partial charge in [-0.05, 0) is 73.2 Å². The highest BCUT2D eigenvalue weighted by Gasteiger charge is 2.26. The van der Waals surface area contributed by atoms with E-state index >= 15 is 0 Å². The normalized spacial score (nSPS) is 13.4. The van der Waals surface area contributed by atoms with Crippen LogP contribution in [0, 0.1) is 5.92 Å². The first-order valence-corrected chi connectivity index (χ1v) is 12.8. The molecular weight excluding hydrogens is 560 g/mol. The molecule has 0 bridgehead atoms. The Morgan fingerprint density at radius 1 is 1.03 bits per heavy atom. The summed E-state index contributed by atoms with van der Waals surface area (Å²) in [6, 6.07) is 12.4. The third-order valence-corrected chi connectivity index (χ3v) is 6.97. The van der Waals surface area contributed by atoms with Crippen LogP contribution in [0.2, 0.25) is 0 Å². The molecule has 0 radical (unpaired) electrons. The van der Waals surface area contributed by atoms with Crippen LogP contribution in [0.5, 0.6) is 11.5 Å². The van der Waals surface area contributed by atoms with Gasteiger partial charge in [0, 0.05) is 12.3 Å². The molecule has 0 heterocycles. The van der Waals surface area contributed by atoms with E-state index in [0.29, 0.717) is 11.7 Å². The first-order chi connectivity index (χ1) is 15.1. The van der Waals surface area contributed by atoms with Gasteiger partial charge in [0.15, 0.2) is 0 Å². The number of carbonyl (C=O) groups excluding carboxylic acids is 1. The fraction of sp³-hybridized carbons (Fsp3) is 0.480. The van der Waals surface area contributed by atoms with Gasteiger partial charge < -0.3 is 14.2 Å². The molecule has 0 unspecified atom stereocenters. The number of rotatable bonds is 11. The summed E-state index contributed by atoms with van der Waals surface area (Å²) in [6.07, 6.45) is 0.593. The zero-order chi connectivity index (χ0) is 23.9. The SMILES string of the molecule is CC[C@@H](C)COc1ccc(C(C)(C)c2cc(Br)c(OC[C@H](CCl)OC(C)=O)c(Br)c2)cc1. The lowest BCUT2D eigenvalue weighted by Gasteiger charge is -2.28. The van der Waals surface area contributed by atoms with Crippen LogP contribution in [-0.4, -0.2) is 31.2 Å². The molecule has 2 aromatic carbocycles. The molecule has 0 spiro atoms. The van der Waals surface area contributed by atoms with E-state index in [1.165, 1.54) is 12.5 Å². The molecular formula is C25H31Br2ClO4. The minimum absolute atomic E-state index is 0.164. The summed E-state index contributed by atoms with van der Waals surface area (Å²) in [6.45, 7) is 11.0. The minimum atomic E-state index is -0.509. The maximum Gasteiger partial charge on any atom is 0.303 e. The van der Waals surface area contributed by atoms with Crippen molar-refractivity contribution in [3.63, 3.8) is 0 Å². The third-order valence-electron chi connectivity index (χ3n) is 5.45. The Bertz CT molecular complexity index is 876. The van der Waals surface area contributed by atoms with E-state index in [0.717, 1.165) is 33.3 Å². The van der Waals surface area contributed by atoms with Crippen molar-refractivity contribution in [1.29, 1.82) is 0 Å². The van der Waals surface area contributed by atoms with Crippen LogP contribution in [0.4, 0.5) is 0 Å². The van der Waals surface area contributed by atoms with Crippen molar-refractivity contribution in [2.45, 2.75) is 52.6 Å². The molecule has 2 rings (SSSR count). The number of benzene rings is 2. The van der Waals surface area contributed by atoms with Gasteiger partial charge in [0.2, 0.25) is 0 Å². The van der Waals surface area contributed by atoms with Crippen LogP contribution in [0.25, 0.3) is 0 Å². The van der Waals surface area contributed by atoms with Gasteiger partial charge in [0.05, 0.1) is 21.4 Å². The maximum absolute atomic E-state index is 11.2. The number of carbonyl (C=O) groups is 1. The van der Waals surface area contributed by atoms with Gasteiger partial charge in [-0.15, -0.1) is 11.6 Å². The fourth-order valence-corrected chi connectivity index (χ4v) is 4.64. The lowest BCUT2D eigenvalue weighted by Crippen LogP contribution is -2.26. The molecule has 0 amide bonds. The Labute approximate surface area is 213 Å². The second-order valence-electron chi connectivity index (χ2n) is 8.44. The van der Waals surface area contributed by atoms with Crippen molar-refractivity contribution in [3.05, 3.63) is 56.5 Å². The molecule has 2 aromatic rings. The van der Waals surface area contributed by atoms with E-state index in [1.54, 1.807) is 0 Å². The predicted octanol–water partition coefficient (Wildman–Crippen LogP) is 7.51. The molecule has 7 heteroatoms. The molecule has 0 aromatic heterocycles. The minimum Gasteiger partial charge on any atom is -0.493 e. The molecule has 0 aliphatic rings. The van der Waals surface area contributed by atoms with E-state index < -0.39 is 6.10 Å².